The summed E-state index contributed by atoms with van der Waals surface area (Å²) < 4.78 is 10.3. The third kappa shape index (κ3) is 3.18. The Morgan fingerprint density at radius 3 is 2.76 bits per heavy atom. The summed E-state index contributed by atoms with van der Waals surface area (Å²) in [5.41, 5.74) is -0.144. The van der Waals surface area contributed by atoms with Gasteiger partial charge in [-0.1, -0.05) is 0 Å². The van der Waals surface area contributed by atoms with E-state index in [1.54, 1.807) is 7.11 Å². The molecule has 1 N–H and O–H groups in total. The molecule has 0 aromatic carbocycles. The zero-order chi connectivity index (χ0) is 12.1. The lowest BCUT2D eigenvalue weighted by molar-refractivity contribution is -0.129. The standard InChI is InChI=1S/C12H22N2O3/c1-16-8-9-17-7-3-2-6-14-10-13-12(4-5-12)11(14)15/h13H,2-10H2,1H3. The molecule has 0 bridgehead atoms. The second-order valence-electron chi connectivity index (χ2n) is 4.80. The van der Waals surface area contributed by atoms with Crippen LogP contribution in [0.5, 0.6) is 0 Å². The lowest BCUT2D eigenvalue weighted by Crippen LogP contribution is -2.32. The number of methoxy groups -OCH3 is 1. The highest BCUT2D eigenvalue weighted by Gasteiger charge is 2.55. The van der Waals surface area contributed by atoms with E-state index in [4.69, 9.17) is 9.47 Å². The first kappa shape index (κ1) is 12.8. The minimum atomic E-state index is -0.144. The van der Waals surface area contributed by atoms with Crippen LogP contribution in [0.3, 0.4) is 0 Å². The van der Waals surface area contributed by atoms with Gasteiger partial charge < -0.3 is 14.4 Å². The quantitative estimate of drug-likeness (QED) is 0.624. The van der Waals surface area contributed by atoms with Crippen molar-refractivity contribution in [1.29, 1.82) is 0 Å². The number of amides is 1. The molecule has 98 valence electrons. The molecule has 5 heteroatoms. The van der Waals surface area contributed by atoms with Gasteiger partial charge >= 0.3 is 0 Å². The van der Waals surface area contributed by atoms with Gasteiger partial charge in [-0.05, 0) is 25.7 Å². The lowest BCUT2D eigenvalue weighted by Gasteiger charge is -2.14. The summed E-state index contributed by atoms with van der Waals surface area (Å²) >= 11 is 0. The molecule has 2 aliphatic rings. The molecule has 0 aromatic heterocycles. The molecule has 1 saturated heterocycles. The first-order valence-corrected chi connectivity index (χ1v) is 6.40. The van der Waals surface area contributed by atoms with Gasteiger partial charge in [-0.15, -0.1) is 0 Å². The lowest BCUT2D eigenvalue weighted by atomic mass is 10.2. The average molecular weight is 242 g/mol. The second kappa shape index (κ2) is 5.80. The molecule has 0 aromatic rings. The van der Waals surface area contributed by atoms with E-state index in [9.17, 15) is 4.79 Å². The number of nitrogens with zero attached hydrogens (tertiary/aromatic N) is 1. The zero-order valence-electron chi connectivity index (χ0n) is 10.5. The summed E-state index contributed by atoms with van der Waals surface area (Å²) in [6, 6.07) is 0. The van der Waals surface area contributed by atoms with Crippen molar-refractivity contribution in [2.45, 2.75) is 31.2 Å². The van der Waals surface area contributed by atoms with Crippen molar-refractivity contribution in [1.82, 2.24) is 10.2 Å². The molecular weight excluding hydrogens is 220 g/mol. The number of hydrogen-bond acceptors (Lipinski definition) is 4. The van der Waals surface area contributed by atoms with Crippen LogP contribution in [0.2, 0.25) is 0 Å². The number of nitrogens with one attached hydrogen (secondary N) is 1. The van der Waals surface area contributed by atoms with Gasteiger partial charge in [-0.25, -0.2) is 0 Å². The Morgan fingerprint density at radius 1 is 1.29 bits per heavy atom. The molecule has 0 radical (unpaired) electrons. The second-order valence-corrected chi connectivity index (χ2v) is 4.80. The van der Waals surface area contributed by atoms with Crippen molar-refractivity contribution in [3.05, 3.63) is 0 Å². The van der Waals surface area contributed by atoms with Gasteiger partial charge in [0.05, 0.1) is 25.4 Å². The van der Waals surface area contributed by atoms with Crippen LogP contribution in [-0.2, 0) is 14.3 Å². The van der Waals surface area contributed by atoms with Crippen LogP contribution in [0.15, 0.2) is 0 Å². The normalized spacial score (nSPS) is 21.5. The van der Waals surface area contributed by atoms with Crippen molar-refractivity contribution in [3.63, 3.8) is 0 Å². The highest BCUT2D eigenvalue weighted by atomic mass is 16.5. The first-order chi connectivity index (χ1) is 8.28. The molecule has 5 nitrogen and oxygen atoms in total. The molecule has 0 atom stereocenters. The summed E-state index contributed by atoms with van der Waals surface area (Å²) in [4.78, 5) is 13.8. The highest BCUT2D eigenvalue weighted by Crippen LogP contribution is 2.40. The predicted molar refractivity (Wildman–Crippen MR) is 63.6 cm³/mol. The van der Waals surface area contributed by atoms with E-state index in [2.05, 4.69) is 5.32 Å². The van der Waals surface area contributed by atoms with Crippen LogP contribution in [0.25, 0.3) is 0 Å². The monoisotopic (exact) mass is 242 g/mol. The fourth-order valence-corrected chi connectivity index (χ4v) is 2.14. The molecule has 1 aliphatic heterocycles. The maximum atomic E-state index is 11.9. The number of rotatable bonds is 8. The molecular formula is C12H22N2O3. The van der Waals surface area contributed by atoms with Crippen LogP contribution in [0.4, 0.5) is 0 Å². The van der Waals surface area contributed by atoms with Gasteiger partial charge in [0.25, 0.3) is 0 Å². The van der Waals surface area contributed by atoms with Crippen LogP contribution in [0.1, 0.15) is 25.7 Å². The molecule has 2 rings (SSSR count). The Bertz CT molecular complexity index is 266. The minimum Gasteiger partial charge on any atom is -0.382 e. The number of ether oxygens (including phenoxy) is 2. The fourth-order valence-electron chi connectivity index (χ4n) is 2.14. The van der Waals surface area contributed by atoms with E-state index >= 15 is 0 Å². The Labute approximate surface area is 102 Å². The number of unbranched alkanes of at least 4 members (excludes halogenated alkanes) is 1. The van der Waals surface area contributed by atoms with Gasteiger partial charge in [-0.3, -0.25) is 10.1 Å². The summed E-state index contributed by atoms with van der Waals surface area (Å²) in [7, 11) is 1.67. The molecule has 1 spiro atoms. The first-order valence-electron chi connectivity index (χ1n) is 6.40. The van der Waals surface area contributed by atoms with Gasteiger partial charge in [0, 0.05) is 20.3 Å². The average Bonchev–Trinajstić information content (AvgIpc) is 3.05. The van der Waals surface area contributed by atoms with E-state index in [1.165, 1.54) is 0 Å². The summed E-state index contributed by atoms with van der Waals surface area (Å²) in [6.07, 6.45) is 4.04. The Kier molecular flexibility index (Phi) is 4.36. The van der Waals surface area contributed by atoms with Gasteiger partial charge in [0.1, 0.15) is 0 Å². The van der Waals surface area contributed by atoms with Gasteiger partial charge in [0.15, 0.2) is 0 Å². The van der Waals surface area contributed by atoms with E-state index in [0.29, 0.717) is 19.1 Å². The van der Waals surface area contributed by atoms with Crippen molar-refractivity contribution >= 4 is 5.91 Å². The Balaban J connectivity index is 1.50. The van der Waals surface area contributed by atoms with Gasteiger partial charge in [0.2, 0.25) is 5.91 Å². The number of hydrogen-bond donors (Lipinski definition) is 1. The third-order valence-electron chi connectivity index (χ3n) is 3.45. The van der Waals surface area contributed by atoms with Gasteiger partial charge in [-0.2, -0.15) is 0 Å². The van der Waals surface area contributed by atoms with Crippen LogP contribution in [0, 0.1) is 0 Å². The van der Waals surface area contributed by atoms with Crippen molar-refractivity contribution in [2.24, 2.45) is 0 Å². The summed E-state index contributed by atoms with van der Waals surface area (Å²) in [5, 5.41) is 3.30. The van der Waals surface area contributed by atoms with Crippen LogP contribution in [-0.4, -0.2) is 56.5 Å². The minimum absolute atomic E-state index is 0.144. The molecule has 0 unspecified atom stereocenters. The Morgan fingerprint density at radius 2 is 2.12 bits per heavy atom. The number of carbonyl (C=O) groups excluding carboxylic acids is 1. The van der Waals surface area contributed by atoms with E-state index in [0.717, 1.165) is 45.5 Å². The highest BCUT2D eigenvalue weighted by molar-refractivity contribution is 5.91. The third-order valence-corrected chi connectivity index (χ3v) is 3.45. The molecule has 17 heavy (non-hydrogen) atoms. The Hall–Kier alpha value is -0.650. The van der Waals surface area contributed by atoms with Crippen molar-refractivity contribution < 1.29 is 14.3 Å². The predicted octanol–water partition coefficient (Wildman–Crippen LogP) is 0.352. The van der Waals surface area contributed by atoms with E-state index in [-0.39, 0.29) is 5.54 Å². The molecule has 1 amide bonds. The summed E-state index contributed by atoms with van der Waals surface area (Å²) in [6.45, 7) is 3.63. The summed E-state index contributed by atoms with van der Waals surface area (Å²) in [5.74, 6) is 0.304. The molecule has 2 fully saturated rings. The zero-order valence-corrected chi connectivity index (χ0v) is 10.5. The topological polar surface area (TPSA) is 50.8 Å². The maximum absolute atomic E-state index is 11.9. The molecule has 1 aliphatic carbocycles. The number of carbonyl (C=O) groups is 1. The van der Waals surface area contributed by atoms with Crippen molar-refractivity contribution in [3.8, 4) is 0 Å². The molecule has 1 heterocycles. The van der Waals surface area contributed by atoms with Crippen LogP contribution >= 0.6 is 0 Å². The van der Waals surface area contributed by atoms with E-state index in [1.807, 2.05) is 4.90 Å². The molecule has 1 saturated carbocycles. The van der Waals surface area contributed by atoms with Crippen molar-refractivity contribution in [2.75, 3.05) is 40.1 Å². The SMILES string of the molecule is COCCOCCCCN1CNC2(CC2)C1=O. The maximum Gasteiger partial charge on any atom is 0.243 e. The smallest absolute Gasteiger partial charge is 0.243 e. The fraction of sp³-hybridized carbons (Fsp3) is 0.917. The van der Waals surface area contributed by atoms with E-state index < -0.39 is 0 Å². The largest absolute Gasteiger partial charge is 0.382 e. The van der Waals surface area contributed by atoms with Crippen LogP contribution < -0.4 is 5.32 Å².